The van der Waals surface area contributed by atoms with Gasteiger partial charge in [0, 0.05) is 66.6 Å². The van der Waals surface area contributed by atoms with Gasteiger partial charge in [0.15, 0.2) is 17.3 Å². The molecule has 0 unspecified atom stereocenters. The minimum atomic E-state index is -0.939. The first-order valence-corrected chi connectivity index (χ1v) is 17.9. The number of aromatic amines is 1. The van der Waals surface area contributed by atoms with E-state index in [1.807, 2.05) is 106 Å². The molecule has 0 spiro atoms. The third-order valence-corrected chi connectivity index (χ3v) is 10.2. The summed E-state index contributed by atoms with van der Waals surface area (Å²) < 4.78 is 0. The van der Waals surface area contributed by atoms with Gasteiger partial charge in [0.25, 0.3) is 0 Å². The molecular formula is C43H48N2O5. The molecule has 7 heteroatoms. The lowest BCUT2D eigenvalue weighted by molar-refractivity contribution is -0.140. The van der Waals surface area contributed by atoms with Crippen LogP contribution in [-0.2, 0) is 36.8 Å². The van der Waals surface area contributed by atoms with Crippen molar-refractivity contribution < 1.29 is 24.0 Å². The van der Waals surface area contributed by atoms with Gasteiger partial charge in [-0.1, -0.05) is 106 Å². The van der Waals surface area contributed by atoms with Crippen LogP contribution in [0.1, 0.15) is 94.4 Å². The highest BCUT2D eigenvalue weighted by Gasteiger charge is 2.33. The van der Waals surface area contributed by atoms with Crippen LogP contribution in [0.2, 0.25) is 0 Å². The lowest BCUT2D eigenvalue weighted by atomic mass is 9.84. The fourth-order valence-corrected chi connectivity index (χ4v) is 7.07. The fourth-order valence-electron chi connectivity index (χ4n) is 7.07. The van der Waals surface area contributed by atoms with Crippen LogP contribution in [0.5, 0.6) is 0 Å². The van der Waals surface area contributed by atoms with Crippen LogP contribution in [0.3, 0.4) is 0 Å². The molecule has 1 amide bonds. The van der Waals surface area contributed by atoms with E-state index >= 15 is 0 Å². The normalized spacial score (nSPS) is 14.9. The van der Waals surface area contributed by atoms with Crippen LogP contribution in [0, 0.1) is 11.8 Å². The van der Waals surface area contributed by atoms with Gasteiger partial charge < -0.3 is 10.3 Å². The molecule has 1 aliphatic carbocycles. The zero-order chi connectivity index (χ0) is 35.8. The van der Waals surface area contributed by atoms with Crippen molar-refractivity contribution in [2.75, 3.05) is 0 Å². The topological polar surface area (TPSA) is 113 Å². The molecule has 50 heavy (non-hydrogen) atoms. The lowest BCUT2D eigenvalue weighted by Crippen LogP contribution is -2.46. The lowest BCUT2D eigenvalue weighted by Gasteiger charge is -2.23. The van der Waals surface area contributed by atoms with Crippen molar-refractivity contribution in [1.82, 2.24) is 10.3 Å². The van der Waals surface area contributed by atoms with E-state index in [2.05, 4.69) is 10.3 Å². The number of H-pyrrole nitrogens is 1. The van der Waals surface area contributed by atoms with E-state index in [9.17, 15) is 24.0 Å². The van der Waals surface area contributed by atoms with Crippen LogP contribution < -0.4 is 5.32 Å². The van der Waals surface area contributed by atoms with Crippen LogP contribution >= 0.6 is 0 Å². The second-order valence-electron chi connectivity index (χ2n) is 13.9. The van der Waals surface area contributed by atoms with Gasteiger partial charge in [-0.05, 0) is 53.2 Å². The number of nitrogens with one attached hydrogen (secondary N) is 2. The van der Waals surface area contributed by atoms with E-state index in [0.717, 1.165) is 50.7 Å². The average molecular weight is 673 g/mol. The SMILES string of the molecule is CCCC[C@H](CC(=O)[C@H](Cc1c[nH]c2ccccc12)NC(=O)[C@H](C)CC(=O)C1=C(C)c2ccccc2C1)C(=O)C(=O)C[C@@H](C)c1ccccc1. The first kappa shape index (κ1) is 36.4. The molecule has 0 aliphatic heterocycles. The first-order chi connectivity index (χ1) is 24.1. The summed E-state index contributed by atoms with van der Waals surface area (Å²) in [4.78, 5) is 71.4. The molecular weight excluding hydrogens is 624 g/mol. The van der Waals surface area contributed by atoms with Crippen molar-refractivity contribution in [2.45, 2.75) is 91.0 Å². The Hall–Kier alpha value is -4.91. The summed E-state index contributed by atoms with van der Waals surface area (Å²) in [5.74, 6) is -3.34. The smallest absolute Gasteiger partial charge is 0.223 e. The molecule has 4 aromatic rings. The number of allylic oxidation sites excluding steroid dienone is 2. The Bertz CT molecular complexity index is 1900. The number of carbonyl (C=O) groups is 5. The molecule has 1 aliphatic rings. The second kappa shape index (κ2) is 16.7. The van der Waals surface area contributed by atoms with Gasteiger partial charge in [-0.2, -0.15) is 0 Å². The zero-order valence-electron chi connectivity index (χ0n) is 29.6. The predicted octanol–water partition coefficient (Wildman–Crippen LogP) is 7.92. The summed E-state index contributed by atoms with van der Waals surface area (Å²) in [5, 5.41) is 3.90. The standard InChI is InChI=1S/C43H48N2O5/c1-5-6-14-32(42(49)41(48)21-27(2)30-15-8-7-9-16-30)25-40(47)38(24-33-26-44-37-20-13-12-19-35(33)37)45-43(50)28(3)22-39(46)36-23-31-17-10-11-18-34(31)29(36)4/h7-13,15-20,26-28,32,38,44H,5-6,14,21-25H2,1-4H3,(H,45,50)/t27-,28-,32-,38+/m1/s1. The third-order valence-electron chi connectivity index (χ3n) is 10.2. The number of hydrogen-bond acceptors (Lipinski definition) is 5. The largest absolute Gasteiger partial charge is 0.361 e. The van der Waals surface area contributed by atoms with Gasteiger partial charge in [0.1, 0.15) is 0 Å². The van der Waals surface area contributed by atoms with Gasteiger partial charge in [-0.3, -0.25) is 24.0 Å². The van der Waals surface area contributed by atoms with Crippen LogP contribution in [-0.4, -0.2) is 40.1 Å². The molecule has 0 radical (unpaired) electrons. The number of unbranched alkanes of at least 4 members (excludes halogenated alkanes) is 1. The maximum absolute atomic E-state index is 14.1. The number of aromatic nitrogens is 1. The quantitative estimate of drug-likeness (QED) is 0.104. The Morgan fingerprint density at radius 2 is 1.54 bits per heavy atom. The maximum Gasteiger partial charge on any atom is 0.223 e. The third kappa shape index (κ3) is 8.62. The molecule has 260 valence electrons. The molecule has 0 fully saturated rings. The number of rotatable bonds is 18. The van der Waals surface area contributed by atoms with Crippen LogP contribution in [0.15, 0.2) is 90.6 Å². The van der Waals surface area contributed by atoms with Gasteiger partial charge in [-0.15, -0.1) is 0 Å². The molecule has 7 nitrogen and oxygen atoms in total. The molecule has 3 aromatic carbocycles. The summed E-state index contributed by atoms with van der Waals surface area (Å²) in [6.07, 6.45) is 4.48. The summed E-state index contributed by atoms with van der Waals surface area (Å²) in [7, 11) is 0. The van der Waals surface area contributed by atoms with E-state index in [0.29, 0.717) is 19.3 Å². The Morgan fingerprint density at radius 3 is 2.28 bits per heavy atom. The fraction of sp³-hybridized carbons (Fsp3) is 0.372. The van der Waals surface area contributed by atoms with Gasteiger partial charge in [0.2, 0.25) is 11.7 Å². The summed E-state index contributed by atoms with van der Waals surface area (Å²) in [5.41, 5.74) is 6.59. The number of amides is 1. The highest BCUT2D eigenvalue weighted by molar-refractivity contribution is 6.38. The van der Waals surface area contributed by atoms with E-state index in [4.69, 9.17) is 0 Å². The molecule has 2 N–H and O–H groups in total. The number of benzene rings is 3. The molecule has 0 bridgehead atoms. The number of hydrogen-bond donors (Lipinski definition) is 2. The van der Waals surface area contributed by atoms with Crippen molar-refractivity contribution >= 4 is 45.5 Å². The monoisotopic (exact) mass is 672 g/mol. The predicted molar refractivity (Wildman–Crippen MR) is 198 cm³/mol. The number of ketones is 4. The van der Waals surface area contributed by atoms with Gasteiger partial charge >= 0.3 is 0 Å². The van der Waals surface area contributed by atoms with Crippen molar-refractivity contribution in [3.63, 3.8) is 0 Å². The Morgan fingerprint density at radius 1 is 0.840 bits per heavy atom. The van der Waals surface area contributed by atoms with Gasteiger partial charge in [-0.25, -0.2) is 0 Å². The minimum absolute atomic E-state index is 0.0200. The summed E-state index contributed by atoms with van der Waals surface area (Å²) >= 11 is 0. The zero-order valence-corrected chi connectivity index (χ0v) is 29.6. The van der Waals surface area contributed by atoms with Crippen molar-refractivity contribution in [3.05, 3.63) is 113 Å². The number of fused-ring (bicyclic) bond motifs is 2. The van der Waals surface area contributed by atoms with E-state index < -0.39 is 35.4 Å². The summed E-state index contributed by atoms with van der Waals surface area (Å²) in [6, 6.07) is 24.4. The number of carbonyl (C=O) groups excluding carboxylic acids is 5. The molecule has 4 atom stereocenters. The molecule has 5 rings (SSSR count). The van der Waals surface area contributed by atoms with Crippen LogP contribution in [0.25, 0.3) is 16.5 Å². The average Bonchev–Trinajstić information content (AvgIpc) is 3.70. The maximum atomic E-state index is 14.1. The molecule has 0 saturated heterocycles. The molecule has 1 heterocycles. The van der Waals surface area contributed by atoms with E-state index in [1.165, 1.54) is 0 Å². The van der Waals surface area contributed by atoms with Crippen LogP contribution in [0.4, 0.5) is 0 Å². The number of para-hydroxylation sites is 1. The molecule has 0 saturated carbocycles. The minimum Gasteiger partial charge on any atom is -0.361 e. The second-order valence-corrected chi connectivity index (χ2v) is 13.9. The van der Waals surface area contributed by atoms with Crippen molar-refractivity contribution in [1.29, 1.82) is 0 Å². The highest BCUT2D eigenvalue weighted by Crippen LogP contribution is 2.34. The van der Waals surface area contributed by atoms with E-state index in [-0.39, 0.29) is 43.2 Å². The van der Waals surface area contributed by atoms with E-state index in [1.54, 1.807) is 6.92 Å². The van der Waals surface area contributed by atoms with Gasteiger partial charge in [0.05, 0.1) is 6.04 Å². The number of Topliss-reactive ketones (excluding diaryl/α,β-unsaturated/α-hetero) is 4. The Labute approximate surface area is 294 Å². The Kier molecular flexibility index (Phi) is 12.1. The van der Waals surface area contributed by atoms with Crippen molar-refractivity contribution in [3.8, 4) is 0 Å². The highest BCUT2D eigenvalue weighted by atomic mass is 16.2. The summed E-state index contributed by atoms with van der Waals surface area (Å²) in [6.45, 7) is 7.59. The van der Waals surface area contributed by atoms with Crippen molar-refractivity contribution in [2.24, 2.45) is 11.8 Å². The first-order valence-electron chi connectivity index (χ1n) is 17.9. The Balaban J connectivity index is 1.32. The molecule has 1 aromatic heterocycles.